The fourth-order valence-corrected chi connectivity index (χ4v) is 2.16. The molecule has 1 fully saturated rings. The Morgan fingerprint density at radius 1 is 1.15 bits per heavy atom. The Hall–Kier alpha value is -2.56. The Balaban J connectivity index is 1.84. The molecule has 3 aromatic heterocycles. The van der Waals surface area contributed by atoms with Crippen LogP contribution in [-0.4, -0.2) is 24.7 Å². The van der Waals surface area contributed by atoms with Crippen LogP contribution in [0, 0.1) is 6.07 Å². The van der Waals surface area contributed by atoms with Gasteiger partial charge in [0.05, 0.1) is 6.04 Å². The minimum atomic E-state index is 0.465. The van der Waals surface area contributed by atoms with E-state index in [-0.39, 0.29) is 0 Å². The SMILES string of the molecule is [c]1cncc(-c2nc(-c3cccnc3)n(C3CC3)n2)c1. The Morgan fingerprint density at radius 3 is 2.75 bits per heavy atom. The van der Waals surface area contributed by atoms with E-state index in [1.807, 2.05) is 29.1 Å². The number of nitrogens with zero attached hydrogens (tertiary/aromatic N) is 5. The predicted octanol–water partition coefficient (Wildman–Crippen LogP) is 2.54. The quantitative estimate of drug-likeness (QED) is 0.727. The van der Waals surface area contributed by atoms with Crippen LogP contribution >= 0.6 is 0 Å². The van der Waals surface area contributed by atoms with Crippen molar-refractivity contribution >= 4 is 0 Å². The third-order valence-corrected chi connectivity index (χ3v) is 3.30. The van der Waals surface area contributed by atoms with Crippen LogP contribution in [0.3, 0.4) is 0 Å². The van der Waals surface area contributed by atoms with Gasteiger partial charge in [-0.15, -0.1) is 0 Å². The highest BCUT2D eigenvalue weighted by atomic mass is 15.4. The van der Waals surface area contributed by atoms with Gasteiger partial charge >= 0.3 is 0 Å². The lowest BCUT2D eigenvalue weighted by Gasteiger charge is -2.02. The Morgan fingerprint density at radius 2 is 2.05 bits per heavy atom. The van der Waals surface area contributed by atoms with E-state index in [0.29, 0.717) is 11.9 Å². The highest BCUT2D eigenvalue weighted by Gasteiger charge is 2.29. The van der Waals surface area contributed by atoms with Gasteiger partial charge in [0.1, 0.15) is 0 Å². The molecule has 0 spiro atoms. The molecule has 0 bridgehead atoms. The molecule has 0 unspecified atom stereocenters. The molecule has 1 aliphatic rings. The molecule has 0 N–H and O–H groups in total. The zero-order chi connectivity index (χ0) is 13.4. The van der Waals surface area contributed by atoms with Gasteiger partial charge in [-0.2, -0.15) is 5.10 Å². The first-order chi connectivity index (χ1) is 9.92. The van der Waals surface area contributed by atoms with Crippen molar-refractivity contribution in [1.29, 1.82) is 0 Å². The molecule has 3 aromatic rings. The van der Waals surface area contributed by atoms with Gasteiger partial charge in [0.25, 0.3) is 0 Å². The van der Waals surface area contributed by atoms with E-state index >= 15 is 0 Å². The van der Waals surface area contributed by atoms with Crippen LogP contribution in [0.1, 0.15) is 18.9 Å². The summed E-state index contributed by atoms with van der Waals surface area (Å²) < 4.78 is 2.01. The molecule has 0 atom stereocenters. The average Bonchev–Trinajstić information content (AvgIpc) is 3.28. The number of pyridine rings is 2. The molecule has 4 rings (SSSR count). The van der Waals surface area contributed by atoms with Crippen LogP contribution in [0.2, 0.25) is 0 Å². The zero-order valence-electron chi connectivity index (χ0n) is 10.8. The van der Waals surface area contributed by atoms with Crippen LogP contribution in [-0.2, 0) is 0 Å². The van der Waals surface area contributed by atoms with E-state index in [1.165, 1.54) is 0 Å². The second-order valence-corrected chi connectivity index (χ2v) is 4.85. The van der Waals surface area contributed by atoms with E-state index < -0.39 is 0 Å². The van der Waals surface area contributed by atoms with E-state index in [1.54, 1.807) is 18.6 Å². The number of hydrogen-bond donors (Lipinski definition) is 0. The van der Waals surface area contributed by atoms with Crippen molar-refractivity contribution in [2.45, 2.75) is 18.9 Å². The summed E-state index contributed by atoms with van der Waals surface area (Å²) in [6.07, 6.45) is 9.30. The van der Waals surface area contributed by atoms with Crippen LogP contribution in [0.15, 0.2) is 43.0 Å². The van der Waals surface area contributed by atoms with Crippen molar-refractivity contribution in [3.63, 3.8) is 0 Å². The molecule has 5 heteroatoms. The van der Waals surface area contributed by atoms with Gasteiger partial charge in [-0.25, -0.2) is 9.67 Å². The summed E-state index contributed by atoms with van der Waals surface area (Å²) in [5, 5.41) is 4.64. The van der Waals surface area contributed by atoms with Crippen molar-refractivity contribution in [2.24, 2.45) is 0 Å². The Labute approximate surface area is 116 Å². The molecule has 1 aliphatic carbocycles. The largest absolute Gasteiger partial charge is 0.264 e. The molecule has 1 saturated carbocycles. The van der Waals surface area contributed by atoms with Gasteiger partial charge in [-0.05, 0) is 31.0 Å². The fourth-order valence-electron chi connectivity index (χ4n) is 2.16. The molecule has 97 valence electrons. The summed E-state index contributed by atoms with van der Waals surface area (Å²) in [6, 6.07) is 9.20. The maximum atomic E-state index is 4.66. The van der Waals surface area contributed by atoms with Gasteiger partial charge in [0.15, 0.2) is 11.6 Å². The maximum absolute atomic E-state index is 4.66. The second kappa shape index (κ2) is 4.52. The normalized spacial score (nSPS) is 14.4. The lowest BCUT2D eigenvalue weighted by molar-refractivity contribution is 0.649. The summed E-state index contributed by atoms with van der Waals surface area (Å²) in [4.78, 5) is 12.9. The van der Waals surface area contributed by atoms with Gasteiger partial charge in [-0.1, -0.05) is 0 Å². The zero-order valence-corrected chi connectivity index (χ0v) is 10.8. The monoisotopic (exact) mass is 262 g/mol. The van der Waals surface area contributed by atoms with Crippen molar-refractivity contribution in [1.82, 2.24) is 24.7 Å². The molecule has 0 amide bonds. The fraction of sp³-hybridized carbons (Fsp3) is 0.200. The summed E-state index contributed by atoms with van der Waals surface area (Å²) in [5.74, 6) is 1.57. The smallest absolute Gasteiger partial charge is 0.183 e. The first kappa shape index (κ1) is 11.3. The van der Waals surface area contributed by atoms with Crippen molar-refractivity contribution in [3.05, 3.63) is 49.1 Å². The van der Waals surface area contributed by atoms with Crippen LogP contribution in [0.5, 0.6) is 0 Å². The molecule has 5 nitrogen and oxygen atoms in total. The van der Waals surface area contributed by atoms with Crippen LogP contribution in [0.4, 0.5) is 0 Å². The first-order valence-corrected chi connectivity index (χ1v) is 6.60. The third-order valence-electron chi connectivity index (χ3n) is 3.30. The lowest BCUT2D eigenvalue weighted by atomic mass is 10.2. The number of rotatable bonds is 3. The van der Waals surface area contributed by atoms with Gasteiger partial charge in [0, 0.05) is 42.0 Å². The highest BCUT2D eigenvalue weighted by molar-refractivity contribution is 5.60. The molecular weight excluding hydrogens is 250 g/mol. The Bertz CT molecular complexity index is 717. The number of aromatic nitrogens is 5. The second-order valence-electron chi connectivity index (χ2n) is 4.85. The summed E-state index contributed by atoms with van der Waals surface area (Å²) in [5.41, 5.74) is 1.88. The third kappa shape index (κ3) is 1.97. The molecule has 0 saturated heterocycles. The van der Waals surface area contributed by atoms with Gasteiger partial charge in [-0.3, -0.25) is 9.97 Å². The average molecular weight is 262 g/mol. The standard InChI is InChI=1S/C15H12N5/c1-3-11(9-16-7-1)14-18-15(12-4-2-8-17-10-12)20(19-14)13-5-6-13/h2-4,7-10,13H,5-6H2. The van der Waals surface area contributed by atoms with Crippen LogP contribution < -0.4 is 0 Å². The maximum Gasteiger partial charge on any atom is 0.183 e. The van der Waals surface area contributed by atoms with E-state index in [2.05, 4.69) is 26.1 Å². The van der Waals surface area contributed by atoms with Gasteiger partial charge in [0.2, 0.25) is 0 Å². The molecule has 0 aromatic carbocycles. The van der Waals surface area contributed by atoms with Crippen molar-refractivity contribution < 1.29 is 0 Å². The predicted molar refractivity (Wildman–Crippen MR) is 73.6 cm³/mol. The van der Waals surface area contributed by atoms with E-state index in [0.717, 1.165) is 29.8 Å². The van der Waals surface area contributed by atoms with E-state index in [4.69, 9.17) is 0 Å². The molecule has 3 heterocycles. The molecule has 1 radical (unpaired) electrons. The van der Waals surface area contributed by atoms with E-state index in [9.17, 15) is 0 Å². The van der Waals surface area contributed by atoms with Crippen molar-refractivity contribution in [3.8, 4) is 22.8 Å². The molecule has 0 aliphatic heterocycles. The van der Waals surface area contributed by atoms with Crippen LogP contribution in [0.25, 0.3) is 22.8 Å². The summed E-state index contributed by atoms with van der Waals surface area (Å²) >= 11 is 0. The topological polar surface area (TPSA) is 56.5 Å². The minimum absolute atomic E-state index is 0.465. The molecule has 20 heavy (non-hydrogen) atoms. The minimum Gasteiger partial charge on any atom is -0.264 e. The van der Waals surface area contributed by atoms with Crippen molar-refractivity contribution in [2.75, 3.05) is 0 Å². The molecular formula is C15H12N5. The first-order valence-electron chi connectivity index (χ1n) is 6.60. The lowest BCUT2D eigenvalue weighted by Crippen LogP contribution is -1.99. The Kier molecular flexibility index (Phi) is 2.55. The summed E-state index contributed by atoms with van der Waals surface area (Å²) in [6.45, 7) is 0. The van der Waals surface area contributed by atoms with Gasteiger partial charge < -0.3 is 0 Å². The number of hydrogen-bond acceptors (Lipinski definition) is 4. The highest BCUT2D eigenvalue weighted by Crippen LogP contribution is 2.38. The summed E-state index contributed by atoms with van der Waals surface area (Å²) in [7, 11) is 0.